The molecule has 4 nitrogen and oxygen atoms in total. The van der Waals surface area contributed by atoms with Crippen molar-refractivity contribution in [3.8, 4) is 11.3 Å². The summed E-state index contributed by atoms with van der Waals surface area (Å²) in [5, 5.41) is 16.3. The Balaban J connectivity index is 2.19. The third-order valence-corrected chi connectivity index (χ3v) is 4.60. The maximum absolute atomic E-state index is 12.6. The van der Waals surface area contributed by atoms with Crippen LogP contribution in [0.15, 0.2) is 29.0 Å². The number of nitrogens with zero attached hydrogens (tertiary/aromatic N) is 1. The number of rotatable bonds is 5. The highest BCUT2D eigenvalue weighted by Gasteiger charge is 2.26. The molecule has 0 aliphatic heterocycles. The Morgan fingerprint density at radius 1 is 1.35 bits per heavy atom. The molecule has 0 saturated carbocycles. The highest BCUT2D eigenvalue weighted by molar-refractivity contribution is 7.08. The van der Waals surface area contributed by atoms with Crippen LogP contribution in [0.25, 0.3) is 11.3 Å². The van der Waals surface area contributed by atoms with Gasteiger partial charge >= 0.3 is 0 Å². The predicted octanol–water partition coefficient (Wildman–Crippen LogP) is 3.65. The van der Waals surface area contributed by atoms with Crippen LogP contribution in [0, 0.1) is 12.3 Å². The summed E-state index contributed by atoms with van der Waals surface area (Å²) >= 11 is 1.62. The molecule has 0 spiro atoms. The average molecular weight is 332 g/mol. The van der Waals surface area contributed by atoms with Gasteiger partial charge in [0, 0.05) is 23.6 Å². The molecule has 124 valence electrons. The van der Waals surface area contributed by atoms with Gasteiger partial charge in [0.15, 0.2) is 0 Å². The Bertz CT molecular complexity index is 660. The molecule has 2 rings (SSSR count). The fourth-order valence-electron chi connectivity index (χ4n) is 2.46. The lowest BCUT2D eigenvalue weighted by Crippen LogP contribution is -2.44. The van der Waals surface area contributed by atoms with Gasteiger partial charge in [-0.3, -0.25) is 9.78 Å². The summed E-state index contributed by atoms with van der Waals surface area (Å²) in [4.78, 5) is 17.1. The molecule has 0 saturated heterocycles. The van der Waals surface area contributed by atoms with Gasteiger partial charge < -0.3 is 10.4 Å². The Hall–Kier alpha value is -1.72. The number of aromatic nitrogens is 1. The number of carbonyl (C=O) groups excluding carboxylic acids is 1. The van der Waals surface area contributed by atoms with E-state index in [-0.39, 0.29) is 24.0 Å². The van der Waals surface area contributed by atoms with E-state index in [0.717, 1.165) is 11.3 Å². The standard InChI is InChI=1S/C18H24N2O2S/c1-12-14(5-6-15(19-12)13-8-10-23-11-13)17(22)20-16(7-9-21)18(2,3)4/h5-6,8,10-11,16,21H,7,9H2,1-4H3,(H,20,22). The van der Waals surface area contributed by atoms with Crippen LogP contribution in [-0.2, 0) is 0 Å². The first-order valence-corrected chi connectivity index (χ1v) is 8.69. The molecule has 2 aromatic heterocycles. The molecule has 0 aliphatic carbocycles. The molecule has 0 bridgehead atoms. The van der Waals surface area contributed by atoms with E-state index >= 15 is 0 Å². The van der Waals surface area contributed by atoms with Crippen molar-refractivity contribution in [2.45, 2.75) is 40.2 Å². The molecule has 1 amide bonds. The van der Waals surface area contributed by atoms with Crippen molar-refractivity contribution in [3.05, 3.63) is 40.2 Å². The number of aliphatic hydroxyl groups is 1. The zero-order chi connectivity index (χ0) is 17.0. The van der Waals surface area contributed by atoms with Gasteiger partial charge in [0.05, 0.1) is 17.0 Å². The molecular formula is C18H24N2O2S. The molecule has 0 aromatic carbocycles. The van der Waals surface area contributed by atoms with E-state index in [4.69, 9.17) is 0 Å². The molecule has 23 heavy (non-hydrogen) atoms. The maximum Gasteiger partial charge on any atom is 0.253 e. The van der Waals surface area contributed by atoms with Crippen LogP contribution < -0.4 is 5.32 Å². The van der Waals surface area contributed by atoms with Gasteiger partial charge in [-0.15, -0.1) is 0 Å². The summed E-state index contributed by atoms with van der Waals surface area (Å²) in [5.41, 5.74) is 3.12. The normalized spacial score (nSPS) is 12.9. The van der Waals surface area contributed by atoms with E-state index in [1.807, 2.05) is 35.9 Å². The third kappa shape index (κ3) is 4.39. The van der Waals surface area contributed by atoms with E-state index in [1.54, 1.807) is 11.3 Å². The number of nitrogens with one attached hydrogen (secondary N) is 1. The number of amides is 1. The van der Waals surface area contributed by atoms with Gasteiger partial charge in [-0.1, -0.05) is 20.8 Å². The topological polar surface area (TPSA) is 62.2 Å². The van der Waals surface area contributed by atoms with Gasteiger partial charge in [0.25, 0.3) is 5.91 Å². The lowest BCUT2D eigenvalue weighted by atomic mass is 9.84. The van der Waals surface area contributed by atoms with Gasteiger partial charge in [-0.05, 0) is 42.3 Å². The second-order valence-corrected chi connectivity index (χ2v) is 7.53. The SMILES string of the molecule is Cc1nc(-c2ccsc2)ccc1C(=O)NC(CCO)C(C)(C)C. The van der Waals surface area contributed by atoms with Gasteiger partial charge in [0.1, 0.15) is 0 Å². The number of hydrogen-bond donors (Lipinski definition) is 2. The van der Waals surface area contributed by atoms with Crippen LogP contribution in [0.1, 0.15) is 43.2 Å². The number of hydrogen-bond acceptors (Lipinski definition) is 4. The van der Waals surface area contributed by atoms with Crippen LogP contribution in [0.2, 0.25) is 0 Å². The Morgan fingerprint density at radius 3 is 2.61 bits per heavy atom. The van der Waals surface area contributed by atoms with Gasteiger partial charge in [-0.25, -0.2) is 0 Å². The Labute approximate surface area is 141 Å². The minimum atomic E-state index is -0.139. The summed E-state index contributed by atoms with van der Waals surface area (Å²) < 4.78 is 0. The van der Waals surface area contributed by atoms with Crippen molar-refractivity contribution >= 4 is 17.2 Å². The molecule has 1 atom stereocenters. The number of pyridine rings is 1. The zero-order valence-electron chi connectivity index (χ0n) is 14.1. The van der Waals surface area contributed by atoms with Crippen LogP contribution in [0.4, 0.5) is 0 Å². The highest BCUT2D eigenvalue weighted by atomic mass is 32.1. The minimum absolute atomic E-state index is 0.0521. The van der Waals surface area contributed by atoms with Crippen molar-refractivity contribution in [1.29, 1.82) is 0 Å². The molecule has 2 N–H and O–H groups in total. The Kier molecular flexibility index (Phi) is 5.55. The molecule has 0 radical (unpaired) electrons. The predicted molar refractivity (Wildman–Crippen MR) is 94.7 cm³/mol. The lowest BCUT2D eigenvalue weighted by molar-refractivity contribution is 0.0884. The van der Waals surface area contributed by atoms with Gasteiger partial charge in [-0.2, -0.15) is 11.3 Å². The van der Waals surface area contributed by atoms with Crippen molar-refractivity contribution in [2.24, 2.45) is 5.41 Å². The Morgan fingerprint density at radius 2 is 2.09 bits per heavy atom. The first-order valence-electron chi connectivity index (χ1n) is 7.75. The zero-order valence-corrected chi connectivity index (χ0v) is 14.9. The first-order chi connectivity index (χ1) is 10.8. The average Bonchev–Trinajstić information content (AvgIpc) is 2.99. The van der Waals surface area contributed by atoms with Crippen molar-refractivity contribution < 1.29 is 9.90 Å². The molecular weight excluding hydrogens is 308 g/mol. The number of thiophene rings is 1. The largest absolute Gasteiger partial charge is 0.396 e. The maximum atomic E-state index is 12.6. The molecule has 0 fully saturated rings. The van der Waals surface area contributed by atoms with E-state index in [9.17, 15) is 9.90 Å². The second-order valence-electron chi connectivity index (χ2n) is 6.75. The monoisotopic (exact) mass is 332 g/mol. The van der Waals surface area contributed by atoms with Crippen LogP contribution in [0.5, 0.6) is 0 Å². The van der Waals surface area contributed by atoms with Crippen molar-refractivity contribution in [1.82, 2.24) is 10.3 Å². The summed E-state index contributed by atoms with van der Waals surface area (Å²) in [5.74, 6) is -0.139. The molecule has 1 unspecified atom stereocenters. The van der Waals surface area contributed by atoms with E-state index in [1.165, 1.54) is 0 Å². The number of carbonyl (C=O) groups is 1. The van der Waals surface area contributed by atoms with Crippen molar-refractivity contribution in [2.75, 3.05) is 6.61 Å². The smallest absolute Gasteiger partial charge is 0.253 e. The highest BCUT2D eigenvalue weighted by Crippen LogP contribution is 2.24. The molecule has 2 heterocycles. The molecule has 2 aromatic rings. The number of aliphatic hydroxyl groups excluding tert-OH is 1. The summed E-state index contributed by atoms with van der Waals surface area (Å²) in [6, 6.07) is 5.63. The van der Waals surface area contributed by atoms with Crippen LogP contribution >= 0.6 is 11.3 Å². The molecule has 0 aliphatic rings. The second kappa shape index (κ2) is 7.23. The summed E-state index contributed by atoms with van der Waals surface area (Å²) in [6.07, 6.45) is 0.536. The quantitative estimate of drug-likeness (QED) is 0.878. The lowest BCUT2D eigenvalue weighted by Gasteiger charge is -2.31. The minimum Gasteiger partial charge on any atom is -0.396 e. The third-order valence-electron chi connectivity index (χ3n) is 3.92. The summed E-state index contributed by atoms with van der Waals surface area (Å²) in [6.45, 7) is 8.06. The van der Waals surface area contributed by atoms with E-state index in [0.29, 0.717) is 17.7 Å². The van der Waals surface area contributed by atoms with Crippen LogP contribution in [0.3, 0.4) is 0 Å². The fraction of sp³-hybridized carbons (Fsp3) is 0.444. The summed E-state index contributed by atoms with van der Waals surface area (Å²) in [7, 11) is 0. The molecule has 5 heteroatoms. The van der Waals surface area contributed by atoms with E-state index < -0.39 is 0 Å². The van der Waals surface area contributed by atoms with Gasteiger partial charge in [0.2, 0.25) is 0 Å². The first kappa shape index (κ1) is 17.6. The van der Waals surface area contributed by atoms with Crippen LogP contribution in [-0.4, -0.2) is 28.6 Å². The number of aryl methyl sites for hydroxylation is 1. The van der Waals surface area contributed by atoms with Crippen molar-refractivity contribution in [3.63, 3.8) is 0 Å². The van der Waals surface area contributed by atoms with E-state index in [2.05, 4.69) is 31.1 Å². The fourth-order valence-corrected chi connectivity index (χ4v) is 3.11.